The van der Waals surface area contributed by atoms with Gasteiger partial charge in [0.15, 0.2) is 0 Å². The van der Waals surface area contributed by atoms with Crippen molar-refractivity contribution in [3.8, 4) is 0 Å². The number of unbranched alkanes of at least 4 members (excludes halogenated alkanes) is 18. The lowest BCUT2D eigenvalue weighted by Crippen LogP contribution is -2.11. The third-order valence-corrected chi connectivity index (χ3v) is 6.80. The van der Waals surface area contributed by atoms with Gasteiger partial charge in [-0.3, -0.25) is 4.79 Å². The molecule has 1 N–H and O–H groups in total. The molecule has 1 rings (SSSR count). The zero-order valence-electron chi connectivity index (χ0n) is 21.8. The van der Waals surface area contributed by atoms with Gasteiger partial charge in [0.05, 0.1) is 0 Å². The highest BCUT2D eigenvalue weighted by molar-refractivity contribution is 5.90. The Bertz CT molecular complexity index is 580. The predicted molar refractivity (Wildman–Crippen MR) is 143 cm³/mol. The van der Waals surface area contributed by atoms with E-state index < -0.39 is 0 Å². The molecule has 0 fully saturated rings. The monoisotopic (exact) mass is 443 g/mol. The maximum absolute atomic E-state index is 12.1. The van der Waals surface area contributed by atoms with Crippen LogP contribution in [0.2, 0.25) is 0 Å². The maximum Gasteiger partial charge on any atom is 0.224 e. The highest BCUT2D eigenvalue weighted by atomic mass is 16.1. The number of aryl methyl sites for hydroxylation is 2. The number of rotatable bonds is 21. The highest BCUT2D eigenvalue weighted by Gasteiger charge is 2.03. The van der Waals surface area contributed by atoms with Crippen LogP contribution in [0.3, 0.4) is 0 Å². The Labute approximate surface area is 200 Å². The minimum Gasteiger partial charge on any atom is -0.326 e. The first-order chi connectivity index (χ1) is 15.6. The molecule has 0 spiro atoms. The Morgan fingerprint density at radius 3 is 1.41 bits per heavy atom. The molecule has 0 aliphatic carbocycles. The summed E-state index contributed by atoms with van der Waals surface area (Å²) in [6, 6.07) is 6.13. The normalized spacial score (nSPS) is 11.1. The molecule has 0 bridgehead atoms. The first-order valence-corrected chi connectivity index (χ1v) is 14.0. The van der Waals surface area contributed by atoms with Crippen LogP contribution in [0.4, 0.5) is 5.69 Å². The minimum absolute atomic E-state index is 0.153. The van der Waals surface area contributed by atoms with Crippen LogP contribution in [0.5, 0.6) is 0 Å². The Balaban J connectivity index is 1.79. The summed E-state index contributed by atoms with van der Waals surface area (Å²) >= 11 is 0. The predicted octanol–water partition coefficient (Wildman–Crippen LogP) is 10.1. The molecule has 1 amide bonds. The van der Waals surface area contributed by atoms with Crippen LogP contribution < -0.4 is 5.32 Å². The van der Waals surface area contributed by atoms with Gasteiger partial charge in [-0.2, -0.15) is 0 Å². The van der Waals surface area contributed by atoms with E-state index in [1.807, 2.05) is 6.07 Å². The lowest BCUT2D eigenvalue weighted by atomic mass is 10.0. The number of hydrogen-bond donors (Lipinski definition) is 1. The summed E-state index contributed by atoms with van der Waals surface area (Å²) in [5.74, 6) is 0.153. The smallest absolute Gasteiger partial charge is 0.224 e. The van der Waals surface area contributed by atoms with Crippen molar-refractivity contribution < 1.29 is 4.79 Å². The van der Waals surface area contributed by atoms with Gasteiger partial charge in [0, 0.05) is 12.1 Å². The van der Waals surface area contributed by atoms with Crippen LogP contribution >= 0.6 is 0 Å². The average Bonchev–Trinajstić information content (AvgIpc) is 2.78. The average molecular weight is 444 g/mol. The Kier molecular flexibility index (Phi) is 18.2. The SMILES string of the molecule is CCCCCCCCCCCCCCCCCCCCCC(=O)Nc1ccc(C)c(C)c1. The van der Waals surface area contributed by atoms with Gasteiger partial charge in [-0.05, 0) is 43.5 Å². The van der Waals surface area contributed by atoms with Gasteiger partial charge < -0.3 is 5.32 Å². The van der Waals surface area contributed by atoms with Crippen molar-refractivity contribution in [2.75, 3.05) is 5.32 Å². The Hall–Kier alpha value is -1.31. The van der Waals surface area contributed by atoms with Crippen LogP contribution in [0, 0.1) is 13.8 Å². The summed E-state index contributed by atoms with van der Waals surface area (Å²) in [6.07, 6.45) is 26.9. The van der Waals surface area contributed by atoms with Crippen molar-refractivity contribution in [2.45, 2.75) is 149 Å². The molecule has 2 heteroatoms. The Morgan fingerprint density at radius 2 is 1.00 bits per heavy atom. The van der Waals surface area contributed by atoms with Crippen molar-refractivity contribution in [1.82, 2.24) is 0 Å². The number of benzene rings is 1. The zero-order valence-corrected chi connectivity index (χ0v) is 21.8. The molecule has 1 aromatic rings. The topological polar surface area (TPSA) is 29.1 Å². The van der Waals surface area contributed by atoms with Gasteiger partial charge in [-0.1, -0.05) is 129 Å². The number of nitrogens with one attached hydrogen (secondary N) is 1. The van der Waals surface area contributed by atoms with Crippen molar-refractivity contribution >= 4 is 11.6 Å². The Morgan fingerprint density at radius 1 is 0.594 bits per heavy atom. The van der Waals surface area contributed by atoms with E-state index in [1.165, 1.54) is 127 Å². The lowest BCUT2D eigenvalue weighted by Gasteiger charge is -2.08. The summed E-state index contributed by atoms with van der Waals surface area (Å²) < 4.78 is 0. The van der Waals surface area contributed by atoms with E-state index in [9.17, 15) is 4.79 Å². The highest BCUT2D eigenvalue weighted by Crippen LogP contribution is 2.16. The van der Waals surface area contributed by atoms with Gasteiger partial charge in [0.25, 0.3) is 0 Å². The molecule has 0 saturated carbocycles. The van der Waals surface area contributed by atoms with E-state index in [4.69, 9.17) is 0 Å². The van der Waals surface area contributed by atoms with E-state index in [0.29, 0.717) is 6.42 Å². The molecule has 0 saturated heterocycles. The first kappa shape index (κ1) is 28.7. The molecule has 0 aliphatic heterocycles. The van der Waals surface area contributed by atoms with Gasteiger partial charge >= 0.3 is 0 Å². The molecule has 2 nitrogen and oxygen atoms in total. The molecule has 0 atom stereocenters. The van der Waals surface area contributed by atoms with Crippen molar-refractivity contribution in [2.24, 2.45) is 0 Å². The summed E-state index contributed by atoms with van der Waals surface area (Å²) in [5.41, 5.74) is 3.42. The second-order valence-corrected chi connectivity index (χ2v) is 9.96. The molecular weight excluding hydrogens is 390 g/mol. The van der Waals surface area contributed by atoms with Crippen LogP contribution in [0.25, 0.3) is 0 Å². The molecule has 0 unspecified atom stereocenters. The van der Waals surface area contributed by atoms with Gasteiger partial charge in [-0.25, -0.2) is 0 Å². The van der Waals surface area contributed by atoms with Crippen LogP contribution in [-0.2, 0) is 4.79 Å². The van der Waals surface area contributed by atoms with E-state index in [1.54, 1.807) is 0 Å². The molecular formula is C30H53NO. The van der Waals surface area contributed by atoms with Gasteiger partial charge in [-0.15, -0.1) is 0 Å². The molecule has 0 aromatic heterocycles. The number of carbonyl (C=O) groups is 1. The summed E-state index contributed by atoms with van der Waals surface area (Å²) in [7, 11) is 0. The molecule has 32 heavy (non-hydrogen) atoms. The summed E-state index contributed by atoms with van der Waals surface area (Å²) in [4.78, 5) is 12.1. The third-order valence-electron chi connectivity index (χ3n) is 6.80. The molecule has 0 aliphatic rings. The number of hydrogen-bond acceptors (Lipinski definition) is 1. The largest absolute Gasteiger partial charge is 0.326 e. The minimum atomic E-state index is 0.153. The fourth-order valence-corrected chi connectivity index (χ4v) is 4.41. The second-order valence-electron chi connectivity index (χ2n) is 9.96. The number of amides is 1. The fourth-order valence-electron chi connectivity index (χ4n) is 4.41. The van der Waals surface area contributed by atoms with Crippen LogP contribution in [0.15, 0.2) is 18.2 Å². The molecule has 1 aromatic carbocycles. The van der Waals surface area contributed by atoms with E-state index in [-0.39, 0.29) is 5.91 Å². The first-order valence-electron chi connectivity index (χ1n) is 14.0. The summed E-state index contributed by atoms with van der Waals surface area (Å²) in [5, 5.41) is 3.03. The fraction of sp³-hybridized carbons (Fsp3) is 0.767. The number of anilines is 1. The van der Waals surface area contributed by atoms with E-state index in [0.717, 1.165) is 12.1 Å². The van der Waals surface area contributed by atoms with Crippen molar-refractivity contribution in [1.29, 1.82) is 0 Å². The van der Waals surface area contributed by atoms with Gasteiger partial charge in [0.1, 0.15) is 0 Å². The molecule has 184 valence electrons. The number of carbonyl (C=O) groups excluding carboxylic acids is 1. The summed E-state index contributed by atoms with van der Waals surface area (Å²) in [6.45, 7) is 6.47. The molecule has 0 heterocycles. The maximum atomic E-state index is 12.1. The zero-order chi connectivity index (χ0) is 23.3. The second kappa shape index (κ2) is 20.3. The van der Waals surface area contributed by atoms with Gasteiger partial charge in [0.2, 0.25) is 5.91 Å². The van der Waals surface area contributed by atoms with Crippen molar-refractivity contribution in [3.05, 3.63) is 29.3 Å². The van der Waals surface area contributed by atoms with E-state index >= 15 is 0 Å². The van der Waals surface area contributed by atoms with Crippen LogP contribution in [-0.4, -0.2) is 5.91 Å². The van der Waals surface area contributed by atoms with Crippen molar-refractivity contribution in [3.63, 3.8) is 0 Å². The standard InChI is InChI=1S/C30H53NO/c1-4-5-6-7-8-9-10-11-12-13-14-15-16-17-18-19-20-21-22-23-30(32)31-29-25-24-27(2)28(3)26-29/h24-26H,4-23H2,1-3H3,(H,31,32). The van der Waals surface area contributed by atoms with E-state index in [2.05, 4.69) is 38.2 Å². The quantitative estimate of drug-likeness (QED) is 0.188. The third kappa shape index (κ3) is 16.3. The van der Waals surface area contributed by atoms with Crippen LogP contribution in [0.1, 0.15) is 146 Å². The lowest BCUT2D eigenvalue weighted by molar-refractivity contribution is -0.116. The molecule has 0 radical (unpaired) electrons.